The number of nitrogens with one attached hydrogen (secondary N) is 1. The van der Waals surface area contributed by atoms with Gasteiger partial charge in [-0.2, -0.15) is 0 Å². The molecule has 1 aromatic heterocycles. The summed E-state index contributed by atoms with van der Waals surface area (Å²) in [5.41, 5.74) is 6.45. The number of carbonyl (C=O) groups is 1. The van der Waals surface area contributed by atoms with Crippen LogP contribution in [0.15, 0.2) is 41.4 Å². The molecule has 152 valence electrons. The molecule has 3 rings (SSSR count). The standard InChI is InChI=1S/C19H26N4O4S/c1-22-13-16(11-17(22)19(20)24)28(25,26)21-12-18(23-9-3-4-10-23)14-5-7-15(27-2)8-6-14/h5-8,11,13,18,21H,3-4,9-10,12H2,1-2H3,(H2,20,24). The van der Waals surface area contributed by atoms with Crippen LogP contribution in [0.4, 0.5) is 0 Å². The Morgan fingerprint density at radius 1 is 1.25 bits per heavy atom. The SMILES string of the molecule is COc1ccc(C(CNS(=O)(=O)c2cc(C(N)=O)n(C)c2)N2CCCC2)cc1. The van der Waals surface area contributed by atoms with Gasteiger partial charge in [0.05, 0.1) is 7.11 Å². The van der Waals surface area contributed by atoms with Crippen molar-refractivity contribution in [2.75, 3.05) is 26.7 Å². The maximum atomic E-state index is 12.8. The van der Waals surface area contributed by atoms with E-state index in [-0.39, 0.29) is 23.2 Å². The highest BCUT2D eigenvalue weighted by atomic mass is 32.2. The zero-order valence-electron chi connectivity index (χ0n) is 16.1. The molecular weight excluding hydrogens is 380 g/mol. The van der Waals surface area contributed by atoms with E-state index in [9.17, 15) is 13.2 Å². The van der Waals surface area contributed by atoms with E-state index in [4.69, 9.17) is 10.5 Å². The van der Waals surface area contributed by atoms with Gasteiger partial charge in [0.15, 0.2) is 0 Å². The van der Waals surface area contributed by atoms with Crippen LogP contribution in [0.25, 0.3) is 0 Å². The number of aryl methyl sites for hydroxylation is 1. The molecule has 9 heteroatoms. The van der Waals surface area contributed by atoms with E-state index in [1.54, 1.807) is 14.2 Å². The number of carbonyl (C=O) groups excluding carboxylic acids is 1. The fourth-order valence-electron chi connectivity index (χ4n) is 3.54. The molecule has 3 N–H and O–H groups in total. The maximum absolute atomic E-state index is 12.8. The average Bonchev–Trinajstić information content (AvgIpc) is 3.32. The first kappa shape index (κ1) is 20.4. The summed E-state index contributed by atoms with van der Waals surface area (Å²) in [6.07, 6.45) is 3.58. The van der Waals surface area contributed by atoms with Crippen LogP contribution in [-0.2, 0) is 17.1 Å². The van der Waals surface area contributed by atoms with Gasteiger partial charge in [0.25, 0.3) is 5.91 Å². The number of hydrogen-bond acceptors (Lipinski definition) is 5. The van der Waals surface area contributed by atoms with Gasteiger partial charge in [-0.1, -0.05) is 12.1 Å². The lowest BCUT2D eigenvalue weighted by atomic mass is 10.1. The number of aromatic nitrogens is 1. The van der Waals surface area contributed by atoms with Crippen molar-refractivity contribution in [3.63, 3.8) is 0 Å². The van der Waals surface area contributed by atoms with E-state index in [0.29, 0.717) is 0 Å². The number of nitrogens with two attached hydrogens (primary N) is 1. The fourth-order valence-corrected chi connectivity index (χ4v) is 4.64. The van der Waals surface area contributed by atoms with Crippen molar-refractivity contribution in [2.24, 2.45) is 12.8 Å². The molecule has 1 amide bonds. The van der Waals surface area contributed by atoms with Gasteiger partial charge in [-0.3, -0.25) is 9.69 Å². The molecule has 28 heavy (non-hydrogen) atoms. The lowest BCUT2D eigenvalue weighted by Crippen LogP contribution is -2.36. The summed E-state index contributed by atoms with van der Waals surface area (Å²) < 4.78 is 34.8. The molecule has 1 aromatic carbocycles. The zero-order valence-corrected chi connectivity index (χ0v) is 16.9. The summed E-state index contributed by atoms with van der Waals surface area (Å²) in [6, 6.07) is 8.89. The molecular formula is C19H26N4O4S. The molecule has 0 aliphatic carbocycles. The Bertz CT molecular complexity index is 931. The average molecular weight is 407 g/mol. The normalized spacial score (nSPS) is 16.2. The van der Waals surface area contributed by atoms with E-state index < -0.39 is 15.9 Å². The molecule has 0 bridgehead atoms. The number of sulfonamides is 1. The number of likely N-dealkylation sites (tertiary alicyclic amines) is 1. The predicted molar refractivity (Wildman–Crippen MR) is 106 cm³/mol. The first-order valence-electron chi connectivity index (χ1n) is 9.15. The first-order valence-corrected chi connectivity index (χ1v) is 10.6. The van der Waals surface area contributed by atoms with E-state index >= 15 is 0 Å². The van der Waals surface area contributed by atoms with E-state index in [0.717, 1.165) is 37.2 Å². The predicted octanol–water partition coefficient (Wildman–Crippen LogP) is 1.25. The Morgan fingerprint density at radius 3 is 2.43 bits per heavy atom. The topological polar surface area (TPSA) is 107 Å². The third kappa shape index (κ3) is 4.37. The molecule has 1 fully saturated rings. The molecule has 0 spiro atoms. The van der Waals surface area contributed by atoms with Crippen LogP contribution in [-0.4, -0.2) is 50.5 Å². The highest BCUT2D eigenvalue weighted by Gasteiger charge is 2.26. The van der Waals surface area contributed by atoms with Crippen molar-refractivity contribution in [1.82, 2.24) is 14.2 Å². The number of nitrogens with zero attached hydrogens (tertiary/aromatic N) is 2. The van der Waals surface area contributed by atoms with Gasteiger partial charge >= 0.3 is 0 Å². The minimum atomic E-state index is -3.77. The molecule has 2 aromatic rings. The first-order chi connectivity index (χ1) is 13.3. The van der Waals surface area contributed by atoms with Crippen LogP contribution >= 0.6 is 0 Å². The van der Waals surface area contributed by atoms with E-state index in [2.05, 4.69) is 9.62 Å². The third-order valence-electron chi connectivity index (χ3n) is 5.09. The number of rotatable bonds is 8. The van der Waals surface area contributed by atoms with Gasteiger partial charge in [-0.15, -0.1) is 0 Å². The quantitative estimate of drug-likeness (QED) is 0.686. The lowest BCUT2D eigenvalue weighted by Gasteiger charge is -2.28. The van der Waals surface area contributed by atoms with Gasteiger partial charge in [-0.05, 0) is 49.7 Å². The van der Waals surface area contributed by atoms with Crippen molar-refractivity contribution in [3.8, 4) is 5.75 Å². The molecule has 1 unspecified atom stereocenters. The van der Waals surface area contributed by atoms with Crippen molar-refractivity contribution in [3.05, 3.63) is 47.8 Å². The Balaban J connectivity index is 1.80. The van der Waals surface area contributed by atoms with Crippen molar-refractivity contribution >= 4 is 15.9 Å². The Hall–Kier alpha value is -2.36. The second kappa shape index (κ2) is 8.34. The lowest BCUT2D eigenvalue weighted by molar-refractivity contribution is 0.0992. The summed E-state index contributed by atoms with van der Waals surface area (Å²) >= 11 is 0. The third-order valence-corrected chi connectivity index (χ3v) is 6.48. The summed E-state index contributed by atoms with van der Waals surface area (Å²) in [7, 11) is -0.572. The van der Waals surface area contributed by atoms with Crippen LogP contribution in [0, 0.1) is 0 Å². The number of methoxy groups -OCH3 is 1. The van der Waals surface area contributed by atoms with Crippen LogP contribution in [0.2, 0.25) is 0 Å². The Morgan fingerprint density at radius 2 is 1.89 bits per heavy atom. The van der Waals surface area contributed by atoms with Crippen molar-refractivity contribution in [2.45, 2.75) is 23.8 Å². The summed E-state index contributed by atoms with van der Waals surface area (Å²) in [5.74, 6) is 0.0879. The Kier molecular flexibility index (Phi) is 6.07. The molecule has 1 aliphatic rings. The molecule has 8 nitrogen and oxygen atoms in total. The molecule has 0 radical (unpaired) electrons. The molecule has 1 aliphatic heterocycles. The molecule has 2 heterocycles. The monoisotopic (exact) mass is 406 g/mol. The van der Waals surface area contributed by atoms with Gasteiger partial charge in [0, 0.05) is 25.8 Å². The van der Waals surface area contributed by atoms with Crippen LogP contribution in [0.5, 0.6) is 5.75 Å². The largest absolute Gasteiger partial charge is 0.497 e. The number of ether oxygens (including phenoxy) is 1. The van der Waals surface area contributed by atoms with Crippen molar-refractivity contribution < 1.29 is 17.9 Å². The molecule has 1 atom stereocenters. The zero-order chi connectivity index (χ0) is 20.3. The summed E-state index contributed by atoms with van der Waals surface area (Å²) in [4.78, 5) is 13.7. The number of benzene rings is 1. The van der Waals surface area contributed by atoms with Crippen LogP contribution in [0.1, 0.15) is 34.9 Å². The number of amides is 1. The van der Waals surface area contributed by atoms with E-state index in [1.165, 1.54) is 16.8 Å². The van der Waals surface area contributed by atoms with Gasteiger partial charge in [-0.25, -0.2) is 13.1 Å². The molecule has 1 saturated heterocycles. The minimum absolute atomic E-state index is 0.0266. The fraction of sp³-hybridized carbons (Fsp3) is 0.421. The molecule has 0 saturated carbocycles. The van der Waals surface area contributed by atoms with Crippen LogP contribution < -0.4 is 15.2 Å². The van der Waals surface area contributed by atoms with Crippen molar-refractivity contribution in [1.29, 1.82) is 0 Å². The second-order valence-electron chi connectivity index (χ2n) is 6.92. The van der Waals surface area contributed by atoms with Gasteiger partial charge < -0.3 is 15.0 Å². The maximum Gasteiger partial charge on any atom is 0.265 e. The second-order valence-corrected chi connectivity index (χ2v) is 8.69. The van der Waals surface area contributed by atoms with Crippen LogP contribution in [0.3, 0.4) is 0 Å². The summed E-state index contributed by atoms with van der Waals surface area (Å²) in [6.45, 7) is 2.08. The number of hydrogen-bond donors (Lipinski definition) is 2. The van der Waals surface area contributed by atoms with Gasteiger partial charge in [0.1, 0.15) is 16.3 Å². The van der Waals surface area contributed by atoms with E-state index in [1.807, 2.05) is 24.3 Å². The highest BCUT2D eigenvalue weighted by molar-refractivity contribution is 7.89. The summed E-state index contributed by atoms with van der Waals surface area (Å²) in [5, 5.41) is 0. The smallest absolute Gasteiger partial charge is 0.265 e. The highest BCUT2D eigenvalue weighted by Crippen LogP contribution is 2.27. The minimum Gasteiger partial charge on any atom is -0.497 e. The van der Waals surface area contributed by atoms with Gasteiger partial charge in [0.2, 0.25) is 10.0 Å². The Labute approximate surface area is 165 Å². The number of primary amides is 1.